The van der Waals surface area contributed by atoms with Crippen molar-refractivity contribution < 1.29 is 17.7 Å². The molecule has 0 fully saturated rings. The smallest absolute Gasteiger partial charge is 0.365 e. The van der Waals surface area contributed by atoms with E-state index in [-0.39, 0.29) is 11.7 Å². The van der Waals surface area contributed by atoms with Gasteiger partial charge in [-0.2, -0.15) is 13.2 Å². The number of nitrogens with zero attached hydrogens (tertiary/aromatic N) is 5. The summed E-state index contributed by atoms with van der Waals surface area (Å²) in [6.45, 7) is 7.78. The van der Waals surface area contributed by atoms with E-state index in [0.29, 0.717) is 29.1 Å². The molecule has 194 valence electrons. The van der Waals surface area contributed by atoms with E-state index in [1.54, 1.807) is 37.9 Å². The first-order valence-corrected chi connectivity index (χ1v) is 14.3. The molecule has 0 aliphatic heterocycles. The second-order valence-corrected chi connectivity index (χ2v) is 12.7. The maximum absolute atomic E-state index is 13.0. The third-order valence-electron chi connectivity index (χ3n) is 5.81. The molecule has 0 bridgehead atoms. The summed E-state index contributed by atoms with van der Waals surface area (Å²) in [7, 11) is -1.16. The topological polar surface area (TPSA) is 85.6 Å². The second kappa shape index (κ2) is 10.1. The minimum absolute atomic E-state index is 0.170. The number of aromatic nitrogens is 5. The highest BCUT2D eigenvalue weighted by molar-refractivity contribution is 7.70. The Morgan fingerprint density at radius 1 is 1.05 bits per heavy atom. The van der Waals surface area contributed by atoms with Crippen LogP contribution >= 0.6 is 7.14 Å². The fraction of sp³-hybridized carbons (Fsp3) is 0.308. The van der Waals surface area contributed by atoms with Crippen molar-refractivity contribution in [1.82, 2.24) is 24.5 Å². The number of nitrogens with one attached hydrogen (secondary N) is 1. The van der Waals surface area contributed by atoms with Crippen molar-refractivity contribution in [3.8, 4) is 22.8 Å². The van der Waals surface area contributed by atoms with Crippen LogP contribution in [-0.2, 0) is 24.3 Å². The molecule has 0 aliphatic rings. The maximum atomic E-state index is 13.0. The van der Waals surface area contributed by atoms with Crippen LogP contribution in [0.1, 0.15) is 36.7 Å². The number of rotatable bonds is 7. The number of benzene rings is 1. The van der Waals surface area contributed by atoms with Gasteiger partial charge in [-0.25, -0.2) is 15.0 Å². The standard InChI is InChI=1S/C26H28F3N6OP/c1-16(2)22-19(7-6-12-30-22)23-32-14-20(37(4,5)36)24(34-23)31-13-17-8-10-18(11-9-17)25-33-21(15-35(25)3)26(27,28)29/h6-12,14-16H,13H2,1-5H3,(H,31,32,34). The lowest BCUT2D eigenvalue weighted by molar-refractivity contribution is -0.140. The fourth-order valence-electron chi connectivity index (χ4n) is 3.92. The van der Waals surface area contributed by atoms with Crippen molar-refractivity contribution in [2.24, 2.45) is 7.05 Å². The average Bonchev–Trinajstić information content (AvgIpc) is 3.24. The SMILES string of the molecule is CC(C)c1ncccc1-c1ncc(P(C)(C)=O)c(NCc2ccc(-c3nc(C(F)(F)F)cn3C)cc2)n1. The summed E-state index contributed by atoms with van der Waals surface area (Å²) in [6.07, 6.45) is -0.195. The molecule has 3 aromatic heterocycles. The number of hydrogen-bond acceptors (Lipinski definition) is 6. The van der Waals surface area contributed by atoms with Crippen molar-refractivity contribution in [2.45, 2.75) is 32.5 Å². The summed E-state index contributed by atoms with van der Waals surface area (Å²) >= 11 is 0. The second-order valence-electron chi connectivity index (χ2n) is 9.48. The highest BCUT2D eigenvalue weighted by Gasteiger charge is 2.34. The van der Waals surface area contributed by atoms with Crippen molar-refractivity contribution in [1.29, 1.82) is 0 Å². The zero-order chi connectivity index (χ0) is 27.0. The number of alkyl halides is 3. The Morgan fingerprint density at radius 2 is 1.76 bits per heavy atom. The first kappa shape index (κ1) is 26.5. The maximum Gasteiger partial charge on any atom is 0.434 e. The molecule has 11 heteroatoms. The van der Waals surface area contributed by atoms with E-state index < -0.39 is 19.0 Å². The molecule has 0 radical (unpaired) electrons. The molecule has 0 saturated heterocycles. The van der Waals surface area contributed by atoms with Gasteiger partial charge in [-0.1, -0.05) is 38.1 Å². The molecule has 0 unspecified atom stereocenters. The van der Waals surface area contributed by atoms with Crippen LogP contribution in [0.5, 0.6) is 0 Å². The third-order valence-corrected chi connectivity index (χ3v) is 7.30. The van der Waals surface area contributed by atoms with Gasteiger partial charge in [0.2, 0.25) is 0 Å². The lowest BCUT2D eigenvalue weighted by Crippen LogP contribution is -2.16. The van der Waals surface area contributed by atoms with Crippen LogP contribution in [0.3, 0.4) is 0 Å². The minimum Gasteiger partial charge on any atom is -0.365 e. The summed E-state index contributed by atoms with van der Waals surface area (Å²) < 4.78 is 53.4. The van der Waals surface area contributed by atoms with Gasteiger partial charge in [-0.15, -0.1) is 0 Å². The Balaban J connectivity index is 1.60. The van der Waals surface area contributed by atoms with Crippen LogP contribution in [0.2, 0.25) is 0 Å². The van der Waals surface area contributed by atoms with Gasteiger partial charge in [0.05, 0.1) is 11.0 Å². The molecule has 3 heterocycles. The molecule has 1 aromatic carbocycles. The molecule has 0 saturated carbocycles. The minimum atomic E-state index is -4.50. The zero-order valence-corrected chi connectivity index (χ0v) is 22.1. The van der Waals surface area contributed by atoms with Gasteiger partial charge in [0, 0.05) is 43.3 Å². The summed E-state index contributed by atoms with van der Waals surface area (Å²) in [6, 6.07) is 10.8. The molecule has 37 heavy (non-hydrogen) atoms. The monoisotopic (exact) mass is 528 g/mol. The third kappa shape index (κ3) is 5.91. The Hall–Kier alpha value is -3.52. The normalized spacial score (nSPS) is 12.2. The molecule has 0 atom stereocenters. The Morgan fingerprint density at radius 3 is 2.35 bits per heavy atom. The van der Waals surface area contributed by atoms with Crippen molar-refractivity contribution >= 4 is 18.3 Å². The first-order chi connectivity index (χ1) is 17.3. The van der Waals surface area contributed by atoms with E-state index in [9.17, 15) is 17.7 Å². The van der Waals surface area contributed by atoms with Gasteiger partial charge in [-0.05, 0) is 36.9 Å². The number of pyridine rings is 1. The van der Waals surface area contributed by atoms with E-state index >= 15 is 0 Å². The molecule has 0 aliphatic carbocycles. The van der Waals surface area contributed by atoms with Gasteiger partial charge in [0.25, 0.3) is 0 Å². The van der Waals surface area contributed by atoms with Crippen LogP contribution < -0.4 is 10.6 Å². The predicted octanol–water partition coefficient (Wildman–Crippen LogP) is 5.94. The summed E-state index contributed by atoms with van der Waals surface area (Å²) in [5.74, 6) is 1.36. The summed E-state index contributed by atoms with van der Waals surface area (Å²) in [4.78, 5) is 17.4. The van der Waals surface area contributed by atoms with Crippen molar-refractivity contribution in [3.05, 3.63) is 71.9 Å². The Bertz CT molecular complexity index is 1460. The van der Waals surface area contributed by atoms with Crippen LogP contribution in [0.15, 0.2) is 55.0 Å². The average molecular weight is 529 g/mol. The Labute approximate surface area is 213 Å². The van der Waals surface area contributed by atoms with Crippen LogP contribution in [-0.4, -0.2) is 37.8 Å². The molecular formula is C26H28F3N6OP. The van der Waals surface area contributed by atoms with Gasteiger partial charge in [0.1, 0.15) is 18.8 Å². The van der Waals surface area contributed by atoms with E-state index in [1.807, 2.05) is 38.1 Å². The van der Waals surface area contributed by atoms with E-state index in [1.165, 1.54) is 11.6 Å². The molecule has 7 nitrogen and oxygen atoms in total. The van der Waals surface area contributed by atoms with Gasteiger partial charge >= 0.3 is 6.18 Å². The quantitative estimate of drug-likeness (QED) is 0.299. The lowest BCUT2D eigenvalue weighted by atomic mass is 10.0. The number of halogens is 3. The fourth-order valence-corrected chi connectivity index (χ4v) is 4.90. The number of hydrogen-bond donors (Lipinski definition) is 1. The van der Waals surface area contributed by atoms with E-state index in [2.05, 4.69) is 20.3 Å². The predicted molar refractivity (Wildman–Crippen MR) is 139 cm³/mol. The van der Waals surface area contributed by atoms with Gasteiger partial charge in [0.15, 0.2) is 11.5 Å². The molecule has 4 aromatic rings. The van der Waals surface area contributed by atoms with E-state index in [4.69, 9.17) is 4.98 Å². The van der Waals surface area contributed by atoms with Crippen molar-refractivity contribution in [3.63, 3.8) is 0 Å². The number of anilines is 1. The first-order valence-electron chi connectivity index (χ1n) is 11.7. The number of aryl methyl sites for hydroxylation is 1. The highest BCUT2D eigenvalue weighted by Crippen LogP contribution is 2.38. The van der Waals surface area contributed by atoms with Crippen LogP contribution in [0.25, 0.3) is 22.8 Å². The van der Waals surface area contributed by atoms with Crippen molar-refractivity contribution in [2.75, 3.05) is 18.6 Å². The summed E-state index contributed by atoms with van der Waals surface area (Å²) in [5.41, 5.74) is 2.19. The van der Waals surface area contributed by atoms with Crippen LogP contribution in [0, 0.1) is 0 Å². The van der Waals surface area contributed by atoms with Gasteiger partial charge < -0.3 is 14.4 Å². The molecule has 0 amide bonds. The molecule has 0 spiro atoms. The summed E-state index contributed by atoms with van der Waals surface area (Å²) in [5, 5.41) is 3.81. The zero-order valence-electron chi connectivity index (χ0n) is 21.2. The van der Waals surface area contributed by atoms with Gasteiger partial charge in [-0.3, -0.25) is 4.98 Å². The highest BCUT2D eigenvalue weighted by atomic mass is 31.2. The lowest BCUT2D eigenvalue weighted by Gasteiger charge is -2.16. The molecule has 4 rings (SSSR count). The van der Waals surface area contributed by atoms with E-state index in [0.717, 1.165) is 23.0 Å². The molecule has 1 N–H and O–H groups in total. The Kier molecular flexibility index (Phi) is 7.24. The number of imidazole rings is 1. The molecular weight excluding hydrogens is 500 g/mol. The van der Waals surface area contributed by atoms with Crippen LogP contribution in [0.4, 0.5) is 19.0 Å². The largest absolute Gasteiger partial charge is 0.434 e.